The molecule has 0 bridgehead atoms. The Labute approximate surface area is 126 Å². The first-order valence-corrected chi connectivity index (χ1v) is 7.45. The van der Waals surface area contributed by atoms with E-state index < -0.39 is 5.60 Å². The maximum Gasteiger partial charge on any atom is 0.123 e. The highest BCUT2D eigenvalue weighted by Gasteiger charge is 2.21. The van der Waals surface area contributed by atoms with Crippen molar-refractivity contribution in [3.63, 3.8) is 0 Å². The molecule has 1 unspecified atom stereocenters. The van der Waals surface area contributed by atoms with Crippen LogP contribution in [0, 0.1) is 0 Å². The first-order valence-electron chi connectivity index (χ1n) is 7.45. The van der Waals surface area contributed by atoms with E-state index in [2.05, 4.69) is 27.9 Å². The molecule has 0 saturated heterocycles. The third kappa shape index (κ3) is 4.03. The van der Waals surface area contributed by atoms with E-state index in [1.165, 1.54) is 0 Å². The fourth-order valence-electron chi connectivity index (χ4n) is 2.79. The molecule has 5 heteroatoms. The summed E-state index contributed by atoms with van der Waals surface area (Å²) in [5.41, 5.74) is 1.44. The number of fused-ring (bicyclic) bond motifs is 1. The van der Waals surface area contributed by atoms with E-state index in [1.807, 2.05) is 44.1 Å². The van der Waals surface area contributed by atoms with Crippen molar-refractivity contribution in [1.29, 1.82) is 0 Å². The van der Waals surface area contributed by atoms with E-state index in [9.17, 15) is 5.11 Å². The number of hydrogen-bond acceptors (Lipinski definition) is 4. The lowest BCUT2D eigenvalue weighted by Gasteiger charge is -2.27. The second-order valence-electron chi connectivity index (χ2n) is 6.10. The lowest BCUT2D eigenvalue weighted by molar-refractivity contribution is 0.0334. The highest BCUT2D eigenvalue weighted by Crippen LogP contribution is 2.15. The van der Waals surface area contributed by atoms with Gasteiger partial charge in [0.05, 0.1) is 23.2 Å². The molecule has 1 atom stereocenters. The normalized spacial score (nSPS) is 14.8. The van der Waals surface area contributed by atoms with E-state index >= 15 is 0 Å². The summed E-state index contributed by atoms with van der Waals surface area (Å²) >= 11 is 0. The fraction of sp³-hybridized carbons (Fsp3) is 0.562. The van der Waals surface area contributed by atoms with Gasteiger partial charge in [0.25, 0.3) is 0 Å². The number of likely N-dealkylation sites (N-methyl/N-ethyl adjacent to an activating group) is 1. The van der Waals surface area contributed by atoms with Gasteiger partial charge in [0.2, 0.25) is 0 Å². The van der Waals surface area contributed by atoms with Crippen LogP contribution in [0.25, 0.3) is 11.0 Å². The summed E-state index contributed by atoms with van der Waals surface area (Å²) in [6, 6.07) is 8.18. The van der Waals surface area contributed by atoms with Crippen molar-refractivity contribution in [3.05, 3.63) is 30.1 Å². The second-order valence-corrected chi connectivity index (χ2v) is 6.10. The Bertz CT molecular complexity index is 589. The minimum Gasteiger partial charge on any atom is -0.388 e. The third-order valence-corrected chi connectivity index (χ3v) is 3.50. The Kier molecular flexibility index (Phi) is 4.98. The van der Waals surface area contributed by atoms with Gasteiger partial charge in [0, 0.05) is 19.6 Å². The van der Waals surface area contributed by atoms with Crippen LogP contribution in [-0.2, 0) is 13.1 Å². The van der Waals surface area contributed by atoms with Gasteiger partial charge in [-0.2, -0.15) is 0 Å². The Morgan fingerprint density at radius 3 is 2.71 bits per heavy atom. The number of imidazole rings is 1. The maximum atomic E-state index is 10.3. The molecule has 0 spiro atoms. The van der Waals surface area contributed by atoms with Crippen molar-refractivity contribution in [2.75, 3.05) is 27.2 Å². The summed E-state index contributed by atoms with van der Waals surface area (Å²) < 4.78 is 2.21. The van der Waals surface area contributed by atoms with Gasteiger partial charge in [-0.05, 0) is 40.1 Å². The summed E-state index contributed by atoms with van der Waals surface area (Å²) in [5.74, 6) is 1.01. The molecule has 0 radical (unpaired) electrons. The number of nitrogens with one attached hydrogen (secondary N) is 1. The fourth-order valence-corrected chi connectivity index (χ4v) is 2.79. The average Bonchev–Trinajstić information content (AvgIpc) is 2.74. The molecule has 0 saturated carbocycles. The monoisotopic (exact) mass is 290 g/mol. The van der Waals surface area contributed by atoms with Crippen molar-refractivity contribution in [1.82, 2.24) is 19.8 Å². The molecule has 2 N–H and O–H groups in total. The summed E-state index contributed by atoms with van der Waals surface area (Å²) in [5, 5.41) is 13.6. The van der Waals surface area contributed by atoms with Crippen LogP contribution in [0.1, 0.15) is 19.7 Å². The van der Waals surface area contributed by atoms with Gasteiger partial charge < -0.3 is 19.9 Å². The average molecular weight is 290 g/mol. The number of aromatic nitrogens is 2. The number of nitrogens with zero attached hydrogens (tertiary/aromatic N) is 3. The number of aliphatic hydroxyl groups is 1. The van der Waals surface area contributed by atoms with Crippen molar-refractivity contribution in [2.24, 2.45) is 0 Å². The van der Waals surface area contributed by atoms with Gasteiger partial charge in [-0.25, -0.2) is 4.98 Å². The minimum atomic E-state index is -0.743. The highest BCUT2D eigenvalue weighted by atomic mass is 16.3. The predicted octanol–water partition coefficient (Wildman–Crippen LogP) is 1.46. The van der Waals surface area contributed by atoms with Crippen molar-refractivity contribution >= 4 is 11.0 Å². The smallest absolute Gasteiger partial charge is 0.123 e. The minimum absolute atomic E-state index is 0.540. The summed E-state index contributed by atoms with van der Waals surface area (Å²) in [7, 11) is 3.93. The van der Waals surface area contributed by atoms with Crippen LogP contribution >= 0.6 is 0 Å². The molecule has 21 heavy (non-hydrogen) atoms. The Balaban J connectivity index is 2.03. The van der Waals surface area contributed by atoms with Crippen LogP contribution in [0.5, 0.6) is 0 Å². The van der Waals surface area contributed by atoms with Crippen LogP contribution in [0.2, 0.25) is 0 Å². The van der Waals surface area contributed by atoms with Crippen LogP contribution in [-0.4, -0.2) is 52.3 Å². The van der Waals surface area contributed by atoms with Crippen molar-refractivity contribution in [3.8, 4) is 0 Å². The van der Waals surface area contributed by atoms with Gasteiger partial charge in [-0.3, -0.25) is 0 Å². The van der Waals surface area contributed by atoms with E-state index in [-0.39, 0.29) is 0 Å². The first kappa shape index (κ1) is 15.9. The Morgan fingerprint density at radius 1 is 1.33 bits per heavy atom. The molecule has 2 rings (SSSR count). The van der Waals surface area contributed by atoms with Gasteiger partial charge in [-0.1, -0.05) is 12.1 Å². The Morgan fingerprint density at radius 2 is 2.05 bits per heavy atom. The van der Waals surface area contributed by atoms with Crippen LogP contribution in [0.4, 0.5) is 0 Å². The second kappa shape index (κ2) is 6.56. The van der Waals surface area contributed by atoms with Crippen molar-refractivity contribution < 1.29 is 5.11 Å². The lowest BCUT2D eigenvalue weighted by atomic mass is 10.1. The molecule has 1 aromatic heterocycles. The SMILES string of the molecule is CCn1c(CNCC(C)(O)CN(C)C)nc2ccccc21. The lowest BCUT2D eigenvalue weighted by Crippen LogP contribution is -2.45. The molecular weight excluding hydrogens is 264 g/mol. The van der Waals surface area contributed by atoms with Gasteiger partial charge in [0.1, 0.15) is 5.82 Å². The van der Waals surface area contributed by atoms with E-state index in [0.717, 1.165) is 23.4 Å². The molecule has 1 aromatic carbocycles. The zero-order valence-electron chi connectivity index (χ0n) is 13.4. The quantitative estimate of drug-likeness (QED) is 0.810. The van der Waals surface area contributed by atoms with E-state index in [1.54, 1.807) is 0 Å². The molecular formula is C16H26N4O. The molecule has 5 nitrogen and oxygen atoms in total. The number of aryl methyl sites for hydroxylation is 1. The Hall–Kier alpha value is -1.43. The molecule has 0 fully saturated rings. The number of hydrogen-bond donors (Lipinski definition) is 2. The molecule has 0 aliphatic rings. The zero-order chi connectivity index (χ0) is 15.5. The first-order chi connectivity index (χ1) is 9.93. The summed E-state index contributed by atoms with van der Waals surface area (Å²) in [6.07, 6.45) is 0. The van der Waals surface area contributed by atoms with E-state index in [4.69, 9.17) is 0 Å². The van der Waals surface area contributed by atoms with E-state index in [0.29, 0.717) is 19.6 Å². The molecule has 0 aliphatic carbocycles. The highest BCUT2D eigenvalue weighted by molar-refractivity contribution is 5.75. The summed E-state index contributed by atoms with van der Waals surface area (Å²) in [4.78, 5) is 6.66. The van der Waals surface area contributed by atoms with Crippen LogP contribution < -0.4 is 5.32 Å². The summed E-state index contributed by atoms with van der Waals surface area (Å²) in [6.45, 7) is 6.70. The molecule has 2 aromatic rings. The molecule has 1 heterocycles. The number of benzene rings is 1. The molecule has 116 valence electrons. The number of rotatable bonds is 7. The topological polar surface area (TPSA) is 53.3 Å². The molecule has 0 aliphatic heterocycles. The van der Waals surface area contributed by atoms with Crippen molar-refractivity contribution in [2.45, 2.75) is 32.5 Å². The third-order valence-electron chi connectivity index (χ3n) is 3.50. The maximum absolute atomic E-state index is 10.3. The van der Waals surface area contributed by atoms with Crippen LogP contribution in [0.15, 0.2) is 24.3 Å². The van der Waals surface area contributed by atoms with Gasteiger partial charge in [0.15, 0.2) is 0 Å². The predicted molar refractivity (Wildman–Crippen MR) is 86.3 cm³/mol. The van der Waals surface area contributed by atoms with Crippen LogP contribution in [0.3, 0.4) is 0 Å². The largest absolute Gasteiger partial charge is 0.388 e. The van der Waals surface area contributed by atoms with Gasteiger partial charge >= 0.3 is 0 Å². The standard InChI is InChI=1S/C16H26N4O/c1-5-20-14-9-7-6-8-13(14)18-15(20)10-17-11-16(2,21)12-19(3)4/h6-9,17,21H,5,10-12H2,1-4H3. The van der Waals surface area contributed by atoms with Gasteiger partial charge in [-0.15, -0.1) is 0 Å². The number of para-hydroxylation sites is 2. The zero-order valence-corrected chi connectivity index (χ0v) is 13.4. The molecule has 0 amide bonds.